The zero-order valence-corrected chi connectivity index (χ0v) is 17.1. The summed E-state index contributed by atoms with van der Waals surface area (Å²) in [5.41, 5.74) is 0. The molecule has 1 fully saturated rings. The van der Waals surface area contributed by atoms with Gasteiger partial charge in [0, 0.05) is 24.7 Å². The highest BCUT2D eigenvalue weighted by Gasteiger charge is 2.33. The second-order valence-corrected chi connectivity index (χ2v) is 8.88. The molecule has 1 aromatic rings. The number of rotatable bonds is 7. The average Bonchev–Trinajstić information content (AvgIpc) is 2.66. The SMILES string of the molecule is CCCNC(=O)[C@@H](C)OC(=O)C1CCN(S(=O)(=O)c2ccc(Cl)cc2)CC1. The van der Waals surface area contributed by atoms with Crippen LogP contribution in [0.5, 0.6) is 0 Å². The summed E-state index contributed by atoms with van der Waals surface area (Å²) in [7, 11) is -3.62. The van der Waals surface area contributed by atoms with Gasteiger partial charge in [0.2, 0.25) is 10.0 Å². The van der Waals surface area contributed by atoms with Crippen LogP contribution in [0, 0.1) is 5.92 Å². The molecule has 1 amide bonds. The van der Waals surface area contributed by atoms with E-state index in [0.717, 1.165) is 6.42 Å². The van der Waals surface area contributed by atoms with Gasteiger partial charge in [-0.15, -0.1) is 0 Å². The number of nitrogens with one attached hydrogen (secondary N) is 1. The van der Waals surface area contributed by atoms with E-state index in [2.05, 4.69) is 5.32 Å². The summed E-state index contributed by atoms with van der Waals surface area (Å²) < 4.78 is 31.9. The Hall–Kier alpha value is -1.64. The molecule has 0 bridgehead atoms. The number of amides is 1. The van der Waals surface area contributed by atoms with Crippen molar-refractivity contribution in [2.75, 3.05) is 19.6 Å². The number of esters is 1. The number of nitrogens with zero attached hydrogens (tertiary/aromatic N) is 1. The maximum atomic E-state index is 12.7. The minimum atomic E-state index is -3.62. The van der Waals surface area contributed by atoms with E-state index >= 15 is 0 Å². The second kappa shape index (κ2) is 9.52. The van der Waals surface area contributed by atoms with Crippen LogP contribution >= 0.6 is 11.6 Å². The molecule has 0 aromatic heterocycles. The first-order valence-electron chi connectivity index (χ1n) is 8.99. The smallest absolute Gasteiger partial charge is 0.309 e. The van der Waals surface area contributed by atoms with E-state index in [0.29, 0.717) is 24.4 Å². The molecule has 2 rings (SSSR count). The largest absolute Gasteiger partial charge is 0.452 e. The van der Waals surface area contributed by atoms with Crippen molar-refractivity contribution in [2.24, 2.45) is 5.92 Å². The predicted molar refractivity (Wildman–Crippen MR) is 102 cm³/mol. The number of piperidine rings is 1. The monoisotopic (exact) mass is 416 g/mol. The van der Waals surface area contributed by atoms with Crippen LogP contribution in [-0.2, 0) is 24.3 Å². The lowest BCUT2D eigenvalue weighted by atomic mass is 9.98. The summed E-state index contributed by atoms with van der Waals surface area (Å²) in [4.78, 5) is 24.2. The molecule has 7 nitrogen and oxygen atoms in total. The van der Waals surface area contributed by atoms with E-state index < -0.39 is 28.0 Å². The number of carbonyl (C=O) groups is 2. The van der Waals surface area contributed by atoms with Crippen molar-refractivity contribution in [1.29, 1.82) is 0 Å². The minimum absolute atomic E-state index is 0.175. The number of sulfonamides is 1. The summed E-state index contributed by atoms with van der Waals surface area (Å²) in [5, 5.41) is 3.14. The van der Waals surface area contributed by atoms with Crippen molar-refractivity contribution in [3.8, 4) is 0 Å². The summed E-state index contributed by atoms with van der Waals surface area (Å²) in [6.07, 6.45) is 0.650. The van der Waals surface area contributed by atoms with Crippen molar-refractivity contribution in [3.63, 3.8) is 0 Å². The maximum absolute atomic E-state index is 12.7. The van der Waals surface area contributed by atoms with E-state index in [1.54, 1.807) is 0 Å². The van der Waals surface area contributed by atoms with Crippen molar-refractivity contribution >= 4 is 33.5 Å². The van der Waals surface area contributed by atoms with E-state index in [4.69, 9.17) is 16.3 Å². The van der Waals surface area contributed by atoms with Gasteiger partial charge in [0.25, 0.3) is 5.91 Å². The molecule has 1 aliphatic heterocycles. The highest BCUT2D eigenvalue weighted by molar-refractivity contribution is 7.89. The molecule has 1 N–H and O–H groups in total. The first-order valence-corrected chi connectivity index (χ1v) is 10.8. The van der Waals surface area contributed by atoms with Crippen LogP contribution < -0.4 is 5.32 Å². The van der Waals surface area contributed by atoms with Gasteiger partial charge in [-0.2, -0.15) is 4.31 Å². The number of ether oxygens (including phenoxy) is 1. The molecule has 1 saturated heterocycles. The molecule has 0 unspecified atom stereocenters. The molecule has 0 spiro atoms. The van der Waals surface area contributed by atoms with Gasteiger partial charge < -0.3 is 10.1 Å². The lowest BCUT2D eigenvalue weighted by molar-refractivity contribution is -0.159. The van der Waals surface area contributed by atoms with Crippen LogP contribution in [-0.4, -0.2) is 50.3 Å². The fourth-order valence-electron chi connectivity index (χ4n) is 2.80. The Morgan fingerprint density at radius 3 is 2.41 bits per heavy atom. The Kier molecular flexibility index (Phi) is 7.64. The second-order valence-electron chi connectivity index (χ2n) is 6.50. The van der Waals surface area contributed by atoms with Gasteiger partial charge in [-0.25, -0.2) is 8.42 Å². The van der Waals surface area contributed by atoms with Gasteiger partial charge in [-0.3, -0.25) is 9.59 Å². The lowest BCUT2D eigenvalue weighted by Gasteiger charge is -2.30. The highest BCUT2D eigenvalue weighted by Crippen LogP contribution is 2.25. The first kappa shape index (κ1) is 21.7. The van der Waals surface area contributed by atoms with Crippen LogP contribution in [0.2, 0.25) is 5.02 Å². The average molecular weight is 417 g/mol. The number of hydrogen-bond donors (Lipinski definition) is 1. The third kappa shape index (κ3) is 5.67. The zero-order valence-electron chi connectivity index (χ0n) is 15.5. The number of carbonyl (C=O) groups excluding carboxylic acids is 2. The Bertz CT molecular complexity index is 758. The Balaban J connectivity index is 1.89. The molecule has 0 aliphatic carbocycles. The molecule has 1 aliphatic rings. The van der Waals surface area contributed by atoms with Gasteiger partial charge in [0.1, 0.15) is 0 Å². The Morgan fingerprint density at radius 2 is 1.85 bits per heavy atom. The fourth-order valence-corrected chi connectivity index (χ4v) is 4.40. The predicted octanol–water partition coefficient (Wildman–Crippen LogP) is 2.20. The van der Waals surface area contributed by atoms with Crippen molar-refractivity contribution in [1.82, 2.24) is 9.62 Å². The molecule has 1 heterocycles. The van der Waals surface area contributed by atoms with Crippen LogP contribution in [0.3, 0.4) is 0 Å². The first-order chi connectivity index (χ1) is 12.8. The quantitative estimate of drug-likeness (QED) is 0.688. The molecule has 9 heteroatoms. The van der Waals surface area contributed by atoms with Crippen LogP contribution in [0.15, 0.2) is 29.2 Å². The maximum Gasteiger partial charge on any atom is 0.309 e. The zero-order chi connectivity index (χ0) is 20.0. The third-order valence-electron chi connectivity index (χ3n) is 4.45. The van der Waals surface area contributed by atoms with Crippen molar-refractivity contribution < 1.29 is 22.7 Å². The Labute approximate surface area is 165 Å². The highest BCUT2D eigenvalue weighted by atomic mass is 35.5. The molecule has 150 valence electrons. The lowest BCUT2D eigenvalue weighted by Crippen LogP contribution is -2.42. The number of hydrogen-bond acceptors (Lipinski definition) is 5. The minimum Gasteiger partial charge on any atom is -0.452 e. The summed E-state index contributed by atoms with van der Waals surface area (Å²) in [6.45, 7) is 4.44. The van der Waals surface area contributed by atoms with Gasteiger partial charge >= 0.3 is 5.97 Å². The molecule has 1 aromatic carbocycles. The fraction of sp³-hybridized carbons (Fsp3) is 0.556. The third-order valence-corrected chi connectivity index (χ3v) is 6.61. The molecule has 0 radical (unpaired) electrons. The standard InChI is InChI=1S/C18H25ClN2O5S/c1-3-10-20-17(22)13(2)26-18(23)14-8-11-21(12-9-14)27(24,25)16-6-4-15(19)5-7-16/h4-7,13-14H,3,8-12H2,1-2H3,(H,20,22)/t13-/m1/s1. The van der Waals surface area contributed by atoms with Crippen LogP contribution in [0.1, 0.15) is 33.1 Å². The van der Waals surface area contributed by atoms with Gasteiger partial charge in [-0.1, -0.05) is 18.5 Å². The van der Waals surface area contributed by atoms with E-state index in [1.807, 2.05) is 6.92 Å². The number of benzene rings is 1. The van der Waals surface area contributed by atoms with E-state index in [1.165, 1.54) is 35.5 Å². The summed E-state index contributed by atoms with van der Waals surface area (Å²) in [5.74, 6) is -1.20. The molecule has 27 heavy (non-hydrogen) atoms. The van der Waals surface area contributed by atoms with E-state index in [9.17, 15) is 18.0 Å². The van der Waals surface area contributed by atoms with E-state index in [-0.39, 0.29) is 23.9 Å². The molecular formula is C18H25ClN2O5S. The van der Waals surface area contributed by atoms with Crippen LogP contribution in [0.25, 0.3) is 0 Å². The molecular weight excluding hydrogens is 392 g/mol. The summed E-state index contributed by atoms with van der Waals surface area (Å²) in [6, 6.07) is 6.00. The van der Waals surface area contributed by atoms with Gasteiger partial charge in [0.15, 0.2) is 6.10 Å². The Morgan fingerprint density at radius 1 is 1.26 bits per heavy atom. The topological polar surface area (TPSA) is 92.8 Å². The number of halogens is 1. The summed E-state index contributed by atoms with van der Waals surface area (Å²) >= 11 is 5.80. The molecule has 0 saturated carbocycles. The normalized spacial score (nSPS) is 17.3. The molecule has 1 atom stereocenters. The van der Waals surface area contributed by atoms with Gasteiger partial charge in [0.05, 0.1) is 10.8 Å². The van der Waals surface area contributed by atoms with Crippen molar-refractivity contribution in [2.45, 2.75) is 44.1 Å². The van der Waals surface area contributed by atoms with Crippen LogP contribution in [0.4, 0.5) is 0 Å². The van der Waals surface area contributed by atoms with Crippen molar-refractivity contribution in [3.05, 3.63) is 29.3 Å². The van der Waals surface area contributed by atoms with Gasteiger partial charge in [-0.05, 0) is 50.5 Å².